The highest BCUT2D eigenvalue weighted by atomic mass is 35.5. The molecule has 9 heteroatoms. The lowest BCUT2D eigenvalue weighted by molar-refractivity contribution is 0.0512. The summed E-state index contributed by atoms with van der Waals surface area (Å²) in [7, 11) is -1.89. The van der Waals surface area contributed by atoms with Gasteiger partial charge in [-0.15, -0.1) is 12.4 Å². The van der Waals surface area contributed by atoms with Gasteiger partial charge in [0.05, 0.1) is 12.4 Å². The predicted octanol–water partition coefficient (Wildman–Crippen LogP) is 0.643. The van der Waals surface area contributed by atoms with Gasteiger partial charge in [-0.05, 0) is 43.6 Å². The Morgan fingerprint density at radius 3 is 2.40 bits per heavy atom. The SMILES string of the molecule is COCC1(CNC(=O)c2ccc(CS(N)(=O)=O)cc2)CCNCC1.Cl. The van der Waals surface area contributed by atoms with Crippen LogP contribution in [0, 0.1) is 5.41 Å². The summed E-state index contributed by atoms with van der Waals surface area (Å²) in [6, 6.07) is 6.44. The van der Waals surface area contributed by atoms with Gasteiger partial charge in [0, 0.05) is 24.6 Å². The molecule has 0 radical (unpaired) electrons. The second-order valence-electron chi connectivity index (χ2n) is 6.37. The highest BCUT2D eigenvalue weighted by Gasteiger charge is 2.32. The lowest BCUT2D eigenvalue weighted by Gasteiger charge is -2.37. The van der Waals surface area contributed by atoms with Crippen LogP contribution in [-0.4, -0.2) is 47.7 Å². The molecule has 4 N–H and O–H groups in total. The summed E-state index contributed by atoms with van der Waals surface area (Å²) in [6.45, 7) is 3.01. The van der Waals surface area contributed by atoms with Gasteiger partial charge in [0.25, 0.3) is 5.91 Å². The minimum atomic E-state index is -3.57. The third kappa shape index (κ3) is 6.91. The Morgan fingerprint density at radius 1 is 1.28 bits per heavy atom. The third-order valence-electron chi connectivity index (χ3n) is 4.32. The Bertz CT molecular complexity index is 653. The summed E-state index contributed by atoms with van der Waals surface area (Å²) in [4.78, 5) is 12.3. The van der Waals surface area contributed by atoms with Gasteiger partial charge in [0.15, 0.2) is 0 Å². The molecule has 0 atom stereocenters. The molecule has 1 aromatic carbocycles. The van der Waals surface area contributed by atoms with Crippen molar-refractivity contribution >= 4 is 28.3 Å². The Morgan fingerprint density at radius 2 is 1.88 bits per heavy atom. The van der Waals surface area contributed by atoms with Gasteiger partial charge in [-0.3, -0.25) is 4.79 Å². The number of nitrogens with one attached hydrogen (secondary N) is 2. The maximum Gasteiger partial charge on any atom is 0.251 e. The summed E-state index contributed by atoms with van der Waals surface area (Å²) < 4.78 is 27.5. The number of nitrogens with two attached hydrogens (primary N) is 1. The summed E-state index contributed by atoms with van der Waals surface area (Å²) in [5.41, 5.74) is 1.02. The van der Waals surface area contributed by atoms with Crippen LogP contribution in [0.15, 0.2) is 24.3 Å². The van der Waals surface area contributed by atoms with Crippen LogP contribution in [0.25, 0.3) is 0 Å². The first-order chi connectivity index (χ1) is 11.3. The van der Waals surface area contributed by atoms with Gasteiger partial charge >= 0.3 is 0 Å². The molecule has 142 valence electrons. The van der Waals surface area contributed by atoms with Crippen LogP contribution < -0.4 is 15.8 Å². The monoisotopic (exact) mass is 391 g/mol. The molecule has 0 spiro atoms. The highest BCUT2D eigenvalue weighted by molar-refractivity contribution is 7.88. The normalized spacial score (nSPS) is 16.7. The number of rotatable bonds is 7. The average molecular weight is 392 g/mol. The number of ether oxygens (including phenoxy) is 1. The zero-order chi connectivity index (χ0) is 17.6. The molecular formula is C16H26ClN3O4S. The number of hydrogen-bond donors (Lipinski definition) is 3. The van der Waals surface area contributed by atoms with Gasteiger partial charge in [-0.25, -0.2) is 13.6 Å². The third-order valence-corrected chi connectivity index (χ3v) is 5.06. The molecule has 1 amide bonds. The molecule has 1 saturated heterocycles. The first-order valence-corrected chi connectivity index (χ1v) is 9.62. The average Bonchev–Trinajstić information content (AvgIpc) is 2.53. The van der Waals surface area contributed by atoms with Gasteiger partial charge in [0.2, 0.25) is 10.0 Å². The lowest BCUT2D eigenvalue weighted by atomic mass is 9.79. The molecule has 0 aliphatic carbocycles. The number of hydrogen-bond acceptors (Lipinski definition) is 5. The van der Waals surface area contributed by atoms with E-state index in [4.69, 9.17) is 9.88 Å². The molecule has 0 bridgehead atoms. The number of piperidine rings is 1. The molecule has 1 aliphatic heterocycles. The number of halogens is 1. The number of amides is 1. The van der Waals surface area contributed by atoms with Gasteiger partial charge in [-0.1, -0.05) is 12.1 Å². The molecule has 0 aromatic heterocycles. The number of sulfonamides is 1. The summed E-state index contributed by atoms with van der Waals surface area (Å²) in [6.07, 6.45) is 1.91. The standard InChI is InChI=1S/C16H25N3O4S.ClH/c1-23-12-16(6-8-18-9-7-16)11-19-15(20)14-4-2-13(3-5-14)10-24(17,21)22;/h2-5,18H,6-12H2,1H3,(H,19,20)(H2,17,21,22);1H. The minimum absolute atomic E-state index is 0. The van der Waals surface area contributed by atoms with Crippen LogP contribution in [0.3, 0.4) is 0 Å². The van der Waals surface area contributed by atoms with E-state index in [1.54, 1.807) is 31.4 Å². The van der Waals surface area contributed by atoms with E-state index < -0.39 is 10.0 Å². The van der Waals surface area contributed by atoms with Crippen molar-refractivity contribution in [3.8, 4) is 0 Å². The smallest absolute Gasteiger partial charge is 0.251 e. The topological polar surface area (TPSA) is 111 Å². The van der Waals surface area contributed by atoms with Gasteiger partial charge in [0.1, 0.15) is 0 Å². The number of carbonyl (C=O) groups excluding carboxylic acids is 1. The summed E-state index contributed by atoms with van der Waals surface area (Å²) in [5, 5.41) is 11.3. The number of methoxy groups -OCH3 is 1. The van der Waals surface area contributed by atoms with E-state index in [9.17, 15) is 13.2 Å². The van der Waals surface area contributed by atoms with E-state index in [0.717, 1.165) is 25.9 Å². The van der Waals surface area contributed by atoms with E-state index in [2.05, 4.69) is 10.6 Å². The van der Waals surface area contributed by atoms with E-state index in [1.165, 1.54) is 0 Å². The van der Waals surface area contributed by atoms with Crippen LogP contribution in [0.2, 0.25) is 0 Å². The van der Waals surface area contributed by atoms with Crippen molar-refractivity contribution in [2.45, 2.75) is 18.6 Å². The van der Waals surface area contributed by atoms with Crippen LogP contribution in [0.4, 0.5) is 0 Å². The lowest BCUT2D eigenvalue weighted by Crippen LogP contribution is -2.47. The quantitative estimate of drug-likeness (QED) is 0.631. The van der Waals surface area contributed by atoms with E-state index in [1.807, 2.05) is 0 Å². The van der Waals surface area contributed by atoms with E-state index >= 15 is 0 Å². The molecule has 1 heterocycles. The molecule has 7 nitrogen and oxygen atoms in total. The van der Waals surface area contributed by atoms with Crippen molar-refractivity contribution in [2.75, 3.05) is 33.4 Å². The van der Waals surface area contributed by atoms with Crippen molar-refractivity contribution in [3.05, 3.63) is 35.4 Å². The largest absolute Gasteiger partial charge is 0.384 e. The Labute approximate surface area is 155 Å². The van der Waals surface area contributed by atoms with Gasteiger partial charge < -0.3 is 15.4 Å². The van der Waals surface area contributed by atoms with Crippen molar-refractivity contribution in [2.24, 2.45) is 10.6 Å². The zero-order valence-electron chi connectivity index (χ0n) is 14.3. The fourth-order valence-electron chi connectivity index (χ4n) is 2.99. The molecule has 1 aromatic rings. The van der Waals surface area contributed by atoms with E-state index in [0.29, 0.717) is 24.3 Å². The maximum absolute atomic E-state index is 12.3. The van der Waals surface area contributed by atoms with Crippen LogP contribution >= 0.6 is 12.4 Å². The Kier molecular flexibility index (Phi) is 8.30. The molecule has 25 heavy (non-hydrogen) atoms. The van der Waals surface area contributed by atoms with Crippen LogP contribution in [0.1, 0.15) is 28.8 Å². The van der Waals surface area contributed by atoms with Crippen molar-refractivity contribution in [3.63, 3.8) is 0 Å². The number of primary sulfonamides is 1. The maximum atomic E-state index is 12.3. The predicted molar refractivity (Wildman–Crippen MR) is 99.2 cm³/mol. The zero-order valence-corrected chi connectivity index (χ0v) is 15.9. The molecule has 0 unspecified atom stereocenters. The van der Waals surface area contributed by atoms with Crippen LogP contribution in [-0.2, 0) is 20.5 Å². The first-order valence-electron chi connectivity index (χ1n) is 7.91. The molecule has 0 saturated carbocycles. The Balaban J connectivity index is 0.00000312. The first kappa shape index (κ1) is 21.9. The van der Waals surface area contributed by atoms with Crippen molar-refractivity contribution in [1.29, 1.82) is 0 Å². The molecule has 2 rings (SSSR count). The fourth-order valence-corrected chi connectivity index (χ4v) is 3.65. The second kappa shape index (κ2) is 9.49. The minimum Gasteiger partial charge on any atom is -0.384 e. The fraction of sp³-hybridized carbons (Fsp3) is 0.562. The van der Waals surface area contributed by atoms with E-state index in [-0.39, 0.29) is 29.5 Å². The second-order valence-corrected chi connectivity index (χ2v) is 7.98. The van der Waals surface area contributed by atoms with Crippen LogP contribution in [0.5, 0.6) is 0 Å². The number of benzene rings is 1. The van der Waals surface area contributed by atoms with Crippen molar-refractivity contribution in [1.82, 2.24) is 10.6 Å². The number of carbonyl (C=O) groups is 1. The molecule has 1 aliphatic rings. The molecule has 1 fully saturated rings. The van der Waals surface area contributed by atoms with Gasteiger partial charge in [-0.2, -0.15) is 0 Å². The Hall–Kier alpha value is -1.19. The van der Waals surface area contributed by atoms with Crippen molar-refractivity contribution < 1.29 is 17.9 Å². The summed E-state index contributed by atoms with van der Waals surface area (Å²) >= 11 is 0. The summed E-state index contributed by atoms with van der Waals surface area (Å²) in [5.74, 6) is -0.412. The highest BCUT2D eigenvalue weighted by Crippen LogP contribution is 2.28. The molecular weight excluding hydrogens is 366 g/mol.